The van der Waals surface area contributed by atoms with E-state index in [9.17, 15) is 0 Å². The van der Waals surface area contributed by atoms with E-state index >= 15 is 0 Å². The highest BCUT2D eigenvalue weighted by Crippen LogP contribution is 2.37. The van der Waals surface area contributed by atoms with Crippen LogP contribution in [0.25, 0.3) is 0 Å². The van der Waals surface area contributed by atoms with Crippen LogP contribution in [0.3, 0.4) is 0 Å². The third-order valence-electron chi connectivity index (χ3n) is 3.53. The molecule has 0 amide bonds. The quantitative estimate of drug-likeness (QED) is 0.819. The van der Waals surface area contributed by atoms with Crippen molar-refractivity contribution in [2.75, 3.05) is 0 Å². The first-order valence-corrected chi connectivity index (χ1v) is 5.81. The van der Waals surface area contributed by atoms with Gasteiger partial charge in [0.25, 0.3) is 0 Å². The van der Waals surface area contributed by atoms with Gasteiger partial charge in [0, 0.05) is 25.0 Å². The normalized spacial score (nSPS) is 24.3. The fourth-order valence-electron chi connectivity index (χ4n) is 2.45. The molecule has 1 saturated carbocycles. The second-order valence-electron chi connectivity index (χ2n) is 5.18. The minimum absolute atomic E-state index is 0.461. The fourth-order valence-corrected chi connectivity index (χ4v) is 2.45. The van der Waals surface area contributed by atoms with Crippen molar-refractivity contribution in [1.29, 1.82) is 0 Å². The molecule has 0 aliphatic heterocycles. The highest BCUT2D eigenvalue weighted by atomic mass is 14.9. The lowest BCUT2D eigenvalue weighted by atomic mass is 9.87. The summed E-state index contributed by atoms with van der Waals surface area (Å²) in [5.41, 5.74) is 1.74. The monoisotopic (exact) mass is 204 g/mol. The van der Waals surface area contributed by atoms with E-state index < -0.39 is 0 Å². The van der Waals surface area contributed by atoms with E-state index in [1.165, 1.54) is 24.8 Å². The van der Waals surface area contributed by atoms with Crippen molar-refractivity contribution in [2.24, 2.45) is 5.41 Å². The summed E-state index contributed by atoms with van der Waals surface area (Å²) in [6.07, 6.45) is 7.78. The number of hydrogen-bond donors (Lipinski definition) is 1. The summed E-state index contributed by atoms with van der Waals surface area (Å²) >= 11 is 0. The summed E-state index contributed by atoms with van der Waals surface area (Å²) in [5, 5.41) is 3.65. The molecule has 0 radical (unpaired) electrons. The van der Waals surface area contributed by atoms with Crippen LogP contribution in [0.4, 0.5) is 0 Å². The van der Waals surface area contributed by atoms with E-state index in [0.717, 1.165) is 6.54 Å². The molecule has 0 aromatic carbocycles. The maximum absolute atomic E-state index is 4.13. The lowest BCUT2D eigenvalue weighted by Crippen LogP contribution is -2.37. The predicted molar refractivity (Wildman–Crippen MR) is 62.5 cm³/mol. The van der Waals surface area contributed by atoms with Crippen molar-refractivity contribution in [3.05, 3.63) is 30.1 Å². The Kier molecular flexibility index (Phi) is 3.06. The average Bonchev–Trinajstić information content (AvgIpc) is 2.56. The molecule has 1 aromatic rings. The standard InChI is InChI=1S/C13H20N2/c1-13(2)7-3-6-12(13)15-10-11-5-4-8-14-9-11/h4-5,8-9,12,15H,3,6-7,10H2,1-2H3. The van der Waals surface area contributed by atoms with Gasteiger partial charge in [0.1, 0.15) is 0 Å². The summed E-state index contributed by atoms with van der Waals surface area (Å²) in [4.78, 5) is 4.13. The van der Waals surface area contributed by atoms with Crippen molar-refractivity contribution in [3.63, 3.8) is 0 Å². The molecule has 1 heterocycles. The van der Waals surface area contributed by atoms with Gasteiger partial charge in [0.2, 0.25) is 0 Å². The van der Waals surface area contributed by atoms with E-state index in [-0.39, 0.29) is 0 Å². The van der Waals surface area contributed by atoms with E-state index in [2.05, 4.69) is 30.2 Å². The van der Waals surface area contributed by atoms with Crippen LogP contribution in [-0.4, -0.2) is 11.0 Å². The van der Waals surface area contributed by atoms with Crippen LogP contribution in [0.2, 0.25) is 0 Å². The Labute approximate surface area is 92.1 Å². The molecule has 82 valence electrons. The van der Waals surface area contributed by atoms with Crippen molar-refractivity contribution >= 4 is 0 Å². The first-order chi connectivity index (χ1) is 7.18. The third-order valence-corrected chi connectivity index (χ3v) is 3.53. The van der Waals surface area contributed by atoms with Crippen LogP contribution in [0.1, 0.15) is 38.7 Å². The molecule has 1 aliphatic carbocycles. The maximum Gasteiger partial charge on any atom is 0.0312 e. The van der Waals surface area contributed by atoms with Gasteiger partial charge in [-0.25, -0.2) is 0 Å². The lowest BCUT2D eigenvalue weighted by molar-refractivity contribution is 0.282. The van der Waals surface area contributed by atoms with Gasteiger partial charge < -0.3 is 5.32 Å². The highest BCUT2D eigenvalue weighted by molar-refractivity contribution is 5.08. The molecule has 2 nitrogen and oxygen atoms in total. The second kappa shape index (κ2) is 4.31. The zero-order valence-corrected chi connectivity index (χ0v) is 9.66. The molecule has 0 saturated heterocycles. The summed E-state index contributed by atoms with van der Waals surface area (Å²) in [6, 6.07) is 4.79. The molecule has 2 heteroatoms. The molecule has 0 bridgehead atoms. The highest BCUT2D eigenvalue weighted by Gasteiger charge is 2.33. The van der Waals surface area contributed by atoms with E-state index in [1.54, 1.807) is 0 Å². The topological polar surface area (TPSA) is 24.9 Å². The van der Waals surface area contributed by atoms with Crippen molar-refractivity contribution < 1.29 is 0 Å². The predicted octanol–water partition coefficient (Wildman–Crippen LogP) is 2.75. The van der Waals surface area contributed by atoms with Crippen LogP contribution in [-0.2, 0) is 6.54 Å². The van der Waals surface area contributed by atoms with Gasteiger partial charge in [-0.2, -0.15) is 0 Å². The second-order valence-corrected chi connectivity index (χ2v) is 5.18. The molecule has 1 atom stereocenters. The van der Waals surface area contributed by atoms with Crippen LogP contribution in [0.5, 0.6) is 0 Å². The Morgan fingerprint density at radius 2 is 2.40 bits per heavy atom. The van der Waals surface area contributed by atoms with E-state index in [4.69, 9.17) is 0 Å². The number of nitrogens with zero attached hydrogens (tertiary/aromatic N) is 1. The summed E-state index contributed by atoms with van der Waals surface area (Å²) in [5.74, 6) is 0. The first-order valence-electron chi connectivity index (χ1n) is 5.81. The van der Waals surface area contributed by atoms with Crippen LogP contribution in [0, 0.1) is 5.41 Å². The number of hydrogen-bond acceptors (Lipinski definition) is 2. The fraction of sp³-hybridized carbons (Fsp3) is 0.615. The Morgan fingerprint density at radius 3 is 3.00 bits per heavy atom. The maximum atomic E-state index is 4.13. The third kappa shape index (κ3) is 2.57. The lowest BCUT2D eigenvalue weighted by Gasteiger charge is -2.27. The molecule has 1 N–H and O–H groups in total. The number of pyridine rings is 1. The van der Waals surface area contributed by atoms with Gasteiger partial charge in [-0.15, -0.1) is 0 Å². The number of rotatable bonds is 3. The Hall–Kier alpha value is -0.890. The van der Waals surface area contributed by atoms with Gasteiger partial charge in [-0.1, -0.05) is 26.3 Å². The average molecular weight is 204 g/mol. The van der Waals surface area contributed by atoms with Crippen LogP contribution in [0.15, 0.2) is 24.5 Å². The zero-order valence-electron chi connectivity index (χ0n) is 9.66. The smallest absolute Gasteiger partial charge is 0.0312 e. The van der Waals surface area contributed by atoms with Crippen molar-refractivity contribution in [1.82, 2.24) is 10.3 Å². The molecule has 0 spiro atoms. The Bertz CT molecular complexity index is 306. The molecule has 1 fully saturated rings. The van der Waals surface area contributed by atoms with Crippen molar-refractivity contribution in [3.8, 4) is 0 Å². The molecule has 1 unspecified atom stereocenters. The minimum atomic E-state index is 0.461. The van der Waals surface area contributed by atoms with Crippen LogP contribution >= 0.6 is 0 Å². The minimum Gasteiger partial charge on any atom is -0.309 e. The SMILES string of the molecule is CC1(C)CCCC1NCc1cccnc1. The number of aromatic nitrogens is 1. The van der Waals surface area contributed by atoms with E-state index in [0.29, 0.717) is 11.5 Å². The summed E-state index contributed by atoms with van der Waals surface area (Å²) < 4.78 is 0. The summed E-state index contributed by atoms with van der Waals surface area (Å²) in [7, 11) is 0. The van der Waals surface area contributed by atoms with Gasteiger partial charge in [-0.3, -0.25) is 4.98 Å². The van der Waals surface area contributed by atoms with Crippen LogP contribution < -0.4 is 5.32 Å². The molecular formula is C13H20N2. The Balaban J connectivity index is 1.89. The molecule has 15 heavy (non-hydrogen) atoms. The van der Waals surface area contributed by atoms with Gasteiger partial charge in [0.05, 0.1) is 0 Å². The molecule has 1 aliphatic rings. The van der Waals surface area contributed by atoms with Gasteiger partial charge in [-0.05, 0) is 29.9 Å². The summed E-state index contributed by atoms with van der Waals surface area (Å²) in [6.45, 7) is 5.67. The Morgan fingerprint density at radius 1 is 1.53 bits per heavy atom. The van der Waals surface area contributed by atoms with Gasteiger partial charge in [0.15, 0.2) is 0 Å². The zero-order chi connectivity index (χ0) is 10.7. The largest absolute Gasteiger partial charge is 0.309 e. The molecule has 2 rings (SSSR count). The molecular weight excluding hydrogens is 184 g/mol. The van der Waals surface area contributed by atoms with E-state index in [1.807, 2.05) is 18.5 Å². The number of nitrogens with one attached hydrogen (secondary N) is 1. The first kappa shape index (κ1) is 10.6. The molecule has 1 aromatic heterocycles. The van der Waals surface area contributed by atoms with Gasteiger partial charge >= 0.3 is 0 Å². The van der Waals surface area contributed by atoms with Crippen molar-refractivity contribution in [2.45, 2.75) is 45.7 Å².